The Bertz CT molecular complexity index is 1170. The average Bonchev–Trinajstić information content (AvgIpc) is 3.00. The highest BCUT2D eigenvalue weighted by molar-refractivity contribution is 7.93. The van der Waals surface area contributed by atoms with Crippen LogP contribution in [0, 0.1) is 0 Å². The normalized spacial score (nSPS) is 12.1. The fourth-order valence-corrected chi connectivity index (χ4v) is 4.03. The molecule has 0 aliphatic carbocycles. The molecule has 136 valence electrons. The Morgan fingerprint density at radius 1 is 1.00 bits per heavy atom. The van der Waals surface area contributed by atoms with Gasteiger partial charge in [0.05, 0.1) is 9.79 Å². The Labute approximate surface area is 150 Å². The lowest BCUT2D eigenvalue weighted by Crippen LogP contribution is -2.16. The highest BCUT2D eigenvalue weighted by Crippen LogP contribution is 2.23. The van der Waals surface area contributed by atoms with Crippen molar-refractivity contribution in [2.45, 2.75) is 9.79 Å². The predicted octanol–water partition coefficient (Wildman–Crippen LogP) is 0.930. The number of benzene rings is 2. The second-order valence-corrected chi connectivity index (χ2v) is 8.72. The van der Waals surface area contributed by atoms with Crippen LogP contribution in [0.1, 0.15) is 0 Å². The number of aryl methyl sites for hydroxylation is 1. The molecule has 0 bridgehead atoms. The first-order valence-electron chi connectivity index (χ1n) is 7.27. The lowest BCUT2D eigenvalue weighted by molar-refractivity contribution is 0.597. The van der Waals surface area contributed by atoms with Crippen LogP contribution in [-0.2, 0) is 27.1 Å². The molecule has 1 heterocycles. The number of rotatable bonds is 5. The topological polar surface area (TPSA) is 137 Å². The average molecular weight is 393 g/mol. The maximum Gasteiger partial charge on any atom is 0.261 e. The van der Waals surface area contributed by atoms with Crippen molar-refractivity contribution in [3.05, 3.63) is 54.9 Å². The zero-order chi connectivity index (χ0) is 18.9. The summed E-state index contributed by atoms with van der Waals surface area (Å²) in [6.45, 7) is 0. The molecular formula is C15H15N5O4S2. The molecule has 0 aliphatic heterocycles. The smallest absolute Gasteiger partial charge is 0.261 e. The Balaban J connectivity index is 1.95. The van der Waals surface area contributed by atoms with Crippen molar-refractivity contribution in [3.8, 4) is 11.4 Å². The molecule has 0 spiro atoms. The molecule has 3 rings (SSSR count). The van der Waals surface area contributed by atoms with Gasteiger partial charge in [0.2, 0.25) is 10.0 Å². The molecule has 11 heteroatoms. The third-order valence-corrected chi connectivity index (χ3v) is 5.82. The monoisotopic (exact) mass is 393 g/mol. The summed E-state index contributed by atoms with van der Waals surface area (Å²) in [7, 11) is -6.25. The summed E-state index contributed by atoms with van der Waals surface area (Å²) in [5.41, 5.74) is 0.968. The first kappa shape index (κ1) is 18.0. The van der Waals surface area contributed by atoms with Gasteiger partial charge in [0, 0.05) is 18.3 Å². The number of hydrogen-bond donors (Lipinski definition) is 2. The molecule has 3 N–H and O–H groups in total. The van der Waals surface area contributed by atoms with Crippen LogP contribution in [-0.4, -0.2) is 31.6 Å². The highest BCUT2D eigenvalue weighted by Gasteiger charge is 2.18. The van der Waals surface area contributed by atoms with Crippen LogP contribution in [0.2, 0.25) is 0 Å². The van der Waals surface area contributed by atoms with Crippen LogP contribution < -0.4 is 9.86 Å². The second kappa shape index (κ2) is 6.52. The minimum Gasteiger partial charge on any atom is -0.317 e. The number of nitrogens with two attached hydrogens (primary N) is 1. The maximum atomic E-state index is 12.6. The van der Waals surface area contributed by atoms with E-state index < -0.39 is 20.0 Å². The lowest BCUT2D eigenvalue weighted by Gasteiger charge is -2.10. The number of nitrogens with zero attached hydrogens (tertiary/aromatic N) is 3. The first-order valence-corrected chi connectivity index (χ1v) is 10.3. The number of sulfonamides is 2. The highest BCUT2D eigenvalue weighted by atomic mass is 32.2. The van der Waals surface area contributed by atoms with E-state index in [1.165, 1.54) is 24.5 Å². The number of primary sulfonamides is 1. The molecule has 0 unspecified atom stereocenters. The largest absolute Gasteiger partial charge is 0.317 e. The van der Waals surface area contributed by atoms with Crippen molar-refractivity contribution in [3.63, 3.8) is 0 Å². The van der Waals surface area contributed by atoms with E-state index in [2.05, 4.69) is 14.9 Å². The first-order chi connectivity index (χ1) is 12.2. The van der Waals surface area contributed by atoms with E-state index in [0.29, 0.717) is 17.1 Å². The number of nitrogens with one attached hydrogen (secondary N) is 1. The molecule has 1 aromatic heterocycles. The van der Waals surface area contributed by atoms with Crippen molar-refractivity contribution >= 4 is 25.7 Å². The zero-order valence-electron chi connectivity index (χ0n) is 13.6. The van der Waals surface area contributed by atoms with Crippen molar-refractivity contribution in [1.82, 2.24) is 14.8 Å². The number of anilines is 1. The van der Waals surface area contributed by atoms with E-state index in [0.717, 1.165) is 6.07 Å². The summed E-state index contributed by atoms with van der Waals surface area (Å²) in [4.78, 5) is -0.499. The van der Waals surface area contributed by atoms with E-state index in [1.807, 2.05) is 0 Å². The van der Waals surface area contributed by atoms with Crippen LogP contribution in [0.25, 0.3) is 11.4 Å². The summed E-state index contributed by atoms with van der Waals surface area (Å²) in [5.74, 6) is 0.572. The molecule has 0 saturated heterocycles. The Morgan fingerprint density at radius 2 is 1.69 bits per heavy atom. The van der Waals surface area contributed by atoms with Gasteiger partial charge in [-0.1, -0.05) is 18.2 Å². The van der Waals surface area contributed by atoms with E-state index in [-0.39, 0.29) is 9.79 Å². The van der Waals surface area contributed by atoms with Gasteiger partial charge in [-0.3, -0.25) is 4.72 Å². The molecule has 2 aromatic carbocycles. The van der Waals surface area contributed by atoms with Crippen molar-refractivity contribution < 1.29 is 16.8 Å². The molecule has 0 saturated carbocycles. The van der Waals surface area contributed by atoms with Crippen molar-refractivity contribution in [2.24, 2.45) is 12.2 Å². The molecule has 3 aromatic rings. The van der Waals surface area contributed by atoms with Gasteiger partial charge < -0.3 is 4.57 Å². The van der Waals surface area contributed by atoms with Crippen LogP contribution in [0.5, 0.6) is 0 Å². The van der Waals surface area contributed by atoms with E-state index >= 15 is 0 Å². The van der Waals surface area contributed by atoms with Crippen LogP contribution in [0.4, 0.5) is 5.69 Å². The molecule has 0 radical (unpaired) electrons. The summed E-state index contributed by atoms with van der Waals surface area (Å²) < 4.78 is 52.1. The maximum absolute atomic E-state index is 12.6. The van der Waals surface area contributed by atoms with Gasteiger partial charge in [-0.05, 0) is 30.3 Å². The fraction of sp³-hybridized carbons (Fsp3) is 0.0667. The van der Waals surface area contributed by atoms with Crippen LogP contribution in [0.3, 0.4) is 0 Å². The molecule has 9 nitrogen and oxygen atoms in total. The van der Waals surface area contributed by atoms with Gasteiger partial charge in [-0.2, -0.15) is 0 Å². The molecule has 0 aliphatic rings. The quantitative estimate of drug-likeness (QED) is 0.661. The summed E-state index contributed by atoms with van der Waals surface area (Å²) >= 11 is 0. The van der Waals surface area contributed by atoms with Gasteiger partial charge in [0.1, 0.15) is 6.33 Å². The molecule has 0 fully saturated rings. The van der Waals surface area contributed by atoms with Gasteiger partial charge in [0.25, 0.3) is 10.0 Å². The van der Waals surface area contributed by atoms with Crippen molar-refractivity contribution in [1.29, 1.82) is 0 Å². The van der Waals surface area contributed by atoms with Crippen LogP contribution >= 0.6 is 0 Å². The van der Waals surface area contributed by atoms with Gasteiger partial charge in [-0.15, -0.1) is 10.2 Å². The minimum atomic E-state index is -4.01. The predicted molar refractivity (Wildman–Crippen MR) is 95.1 cm³/mol. The van der Waals surface area contributed by atoms with Crippen molar-refractivity contribution in [2.75, 3.05) is 4.72 Å². The fourth-order valence-electron chi connectivity index (χ4n) is 2.30. The third-order valence-electron chi connectivity index (χ3n) is 3.53. The molecule has 26 heavy (non-hydrogen) atoms. The Morgan fingerprint density at radius 3 is 2.35 bits per heavy atom. The third kappa shape index (κ3) is 3.74. The summed E-state index contributed by atoms with van der Waals surface area (Å²) in [6.07, 6.45) is 1.53. The zero-order valence-corrected chi connectivity index (χ0v) is 15.2. The number of hydrogen-bond acceptors (Lipinski definition) is 6. The summed E-state index contributed by atoms with van der Waals surface area (Å²) in [5, 5.41) is 12.8. The Hall–Kier alpha value is -2.76. The molecule has 0 amide bonds. The van der Waals surface area contributed by atoms with Gasteiger partial charge in [-0.25, -0.2) is 22.0 Å². The van der Waals surface area contributed by atoms with Gasteiger partial charge >= 0.3 is 0 Å². The van der Waals surface area contributed by atoms with Crippen LogP contribution in [0.15, 0.2) is 64.6 Å². The Kier molecular flexibility index (Phi) is 4.52. The van der Waals surface area contributed by atoms with E-state index in [4.69, 9.17) is 5.14 Å². The molecule has 0 atom stereocenters. The minimum absolute atomic E-state index is 0.215. The van der Waals surface area contributed by atoms with Gasteiger partial charge in [0.15, 0.2) is 5.82 Å². The number of aromatic nitrogens is 3. The van der Waals surface area contributed by atoms with E-state index in [9.17, 15) is 16.8 Å². The standard InChI is InChI=1S/C15H15N5O4S2/c1-20-10-17-18-15(20)11-4-2-5-12(8-11)19-26(23,24)14-7-3-6-13(9-14)25(16,21)22/h2-10,19H,1H3,(H2,16,21,22). The second-order valence-electron chi connectivity index (χ2n) is 5.47. The SMILES string of the molecule is Cn1cnnc1-c1cccc(NS(=O)(=O)c2cccc(S(N)(=O)=O)c2)c1. The molecular weight excluding hydrogens is 378 g/mol. The lowest BCUT2D eigenvalue weighted by atomic mass is 10.2. The van der Waals surface area contributed by atoms with E-state index in [1.54, 1.807) is 35.9 Å². The summed E-state index contributed by atoms with van der Waals surface area (Å²) in [6, 6.07) is 11.4.